The largest absolute Gasteiger partial charge is 0.493 e. The lowest BCUT2D eigenvalue weighted by molar-refractivity contribution is 0.228. The van der Waals surface area contributed by atoms with E-state index in [0.717, 1.165) is 36.0 Å². The van der Waals surface area contributed by atoms with Gasteiger partial charge in [-0.2, -0.15) is 5.10 Å². The Kier molecular flexibility index (Phi) is 4.78. The number of fused-ring (bicyclic) bond motifs is 3. The second-order valence-electron chi connectivity index (χ2n) is 8.37. The van der Waals surface area contributed by atoms with E-state index in [-0.39, 0.29) is 5.92 Å². The van der Waals surface area contributed by atoms with Crippen LogP contribution in [0.25, 0.3) is 5.69 Å². The van der Waals surface area contributed by atoms with Crippen LogP contribution in [0.3, 0.4) is 0 Å². The first-order valence-electron chi connectivity index (χ1n) is 10.7. The molecule has 30 heavy (non-hydrogen) atoms. The normalized spacial score (nSPS) is 20.7. The van der Waals surface area contributed by atoms with Crippen LogP contribution in [-0.4, -0.2) is 42.0 Å². The second-order valence-corrected chi connectivity index (χ2v) is 8.37. The van der Waals surface area contributed by atoms with Gasteiger partial charge in [0.25, 0.3) is 0 Å². The lowest BCUT2D eigenvalue weighted by atomic mass is 9.80. The van der Waals surface area contributed by atoms with E-state index in [1.807, 2.05) is 6.07 Å². The van der Waals surface area contributed by atoms with Gasteiger partial charge in [-0.25, -0.2) is 4.68 Å². The van der Waals surface area contributed by atoms with Crippen LogP contribution in [0.1, 0.15) is 52.9 Å². The van der Waals surface area contributed by atoms with Gasteiger partial charge in [-0.1, -0.05) is 18.2 Å². The van der Waals surface area contributed by atoms with Gasteiger partial charge in [0.05, 0.1) is 25.6 Å². The van der Waals surface area contributed by atoms with E-state index in [9.17, 15) is 0 Å². The standard InChI is InChI=1S/C25H29N3O2/c1-16-25(17(2)28(26-16)18-9-6-5-7-10-18)21-15-27-12-8-11-22(27)20-14-24(30-4)23(29-3)13-19(20)21/h5-7,9-10,13-14,21-22H,8,11-12,15H2,1-4H3/t21-,22+/m0/s1. The van der Waals surface area contributed by atoms with Gasteiger partial charge in [0.2, 0.25) is 0 Å². The first kappa shape index (κ1) is 19.2. The summed E-state index contributed by atoms with van der Waals surface area (Å²) in [5, 5.41) is 4.93. The molecule has 2 aliphatic rings. The average Bonchev–Trinajstić information content (AvgIpc) is 3.36. The molecule has 0 aliphatic carbocycles. The molecule has 3 heterocycles. The van der Waals surface area contributed by atoms with Crippen LogP contribution in [0.2, 0.25) is 0 Å². The Labute approximate surface area is 178 Å². The van der Waals surface area contributed by atoms with Crippen molar-refractivity contribution >= 4 is 0 Å². The number of hydrogen-bond donors (Lipinski definition) is 0. The van der Waals surface area contributed by atoms with E-state index >= 15 is 0 Å². The van der Waals surface area contributed by atoms with Crippen LogP contribution in [0.5, 0.6) is 11.5 Å². The van der Waals surface area contributed by atoms with Gasteiger partial charge >= 0.3 is 0 Å². The Morgan fingerprint density at radius 2 is 1.67 bits per heavy atom. The Morgan fingerprint density at radius 1 is 0.967 bits per heavy atom. The fraction of sp³-hybridized carbons (Fsp3) is 0.400. The van der Waals surface area contributed by atoms with Crippen molar-refractivity contribution in [2.75, 3.05) is 27.3 Å². The summed E-state index contributed by atoms with van der Waals surface area (Å²) in [7, 11) is 3.43. The topological polar surface area (TPSA) is 39.5 Å². The van der Waals surface area contributed by atoms with E-state index in [1.165, 1.54) is 35.2 Å². The van der Waals surface area contributed by atoms with Gasteiger partial charge in [-0.3, -0.25) is 4.90 Å². The Hall–Kier alpha value is -2.79. The number of aromatic nitrogens is 2. The van der Waals surface area contributed by atoms with Gasteiger partial charge in [0, 0.05) is 29.8 Å². The van der Waals surface area contributed by atoms with Crippen LogP contribution in [0, 0.1) is 13.8 Å². The van der Waals surface area contributed by atoms with Gasteiger partial charge < -0.3 is 9.47 Å². The molecule has 2 aliphatic heterocycles. The molecule has 2 atom stereocenters. The minimum absolute atomic E-state index is 0.270. The lowest BCUT2D eigenvalue weighted by Gasteiger charge is -2.38. The predicted octanol–water partition coefficient (Wildman–Crippen LogP) is 4.79. The number of ether oxygens (including phenoxy) is 2. The number of methoxy groups -OCH3 is 2. The maximum Gasteiger partial charge on any atom is 0.161 e. The highest BCUT2D eigenvalue weighted by Gasteiger charge is 2.39. The molecule has 0 spiro atoms. The highest BCUT2D eigenvalue weighted by Crippen LogP contribution is 2.48. The fourth-order valence-electron chi connectivity index (χ4n) is 5.46. The Balaban J connectivity index is 1.68. The Morgan fingerprint density at radius 3 is 2.37 bits per heavy atom. The van der Waals surface area contributed by atoms with Crippen LogP contribution >= 0.6 is 0 Å². The number of nitrogens with zero attached hydrogens (tertiary/aromatic N) is 3. The van der Waals surface area contributed by atoms with Gasteiger partial charge in [0.15, 0.2) is 11.5 Å². The van der Waals surface area contributed by atoms with Gasteiger partial charge in [0.1, 0.15) is 0 Å². The summed E-state index contributed by atoms with van der Waals surface area (Å²) in [5.41, 5.74) is 7.48. The minimum atomic E-state index is 0.270. The lowest BCUT2D eigenvalue weighted by Crippen LogP contribution is -2.35. The highest BCUT2D eigenvalue weighted by atomic mass is 16.5. The number of rotatable bonds is 4. The summed E-state index contributed by atoms with van der Waals surface area (Å²) in [6.45, 7) is 6.51. The molecule has 1 saturated heterocycles. The molecule has 0 unspecified atom stereocenters. The van der Waals surface area contributed by atoms with Gasteiger partial charge in [-0.15, -0.1) is 0 Å². The first-order chi connectivity index (χ1) is 14.6. The summed E-state index contributed by atoms with van der Waals surface area (Å²) < 4.78 is 13.4. The van der Waals surface area contributed by atoms with Crippen molar-refractivity contribution in [2.45, 2.75) is 38.6 Å². The third kappa shape index (κ3) is 2.91. The molecule has 0 amide bonds. The zero-order valence-electron chi connectivity index (χ0n) is 18.2. The number of aryl methyl sites for hydroxylation is 1. The van der Waals surface area contributed by atoms with Gasteiger partial charge in [-0.05, 0) is 68.6 Å². The van der Waals surface area contributed by atoms with Crippen molar-refractivity contribution < 1.29 is 9.47 Å². The number of para-hydroxylation sites is 1. The van der Waals surface area contributed by atoms with Crippen LogP contribution in [-0.2, 0) is 0 Å². The van der Waals surface area contributed by atoms with Crippen molar-refractivity contribution in [2.24, 2.45) is 0 Å². The molecule has 0 N–H and O–H groups in total. The molecule has 1 fully saturated rings. The van der Waals surface area contributed by atoms with E-state index in [4.69, 9.17) is 14.6 Å². The maximum absolute atomic E-state index is 5.67. The molecular formula is C25H29N3O2. The van der Waals surface area contributed by atoms with Crippen molar-refractivity contribution in [3.8, 4) is 17.2 Å². The van der Waals surface area contributed by atoms with Crippen LogP contribution in [0.4, 0.5) is 0 Å². The fourth-order valence-corrected chi connectivity index (χ4v) is 5.46. The van der Waals surface area contributed by atoms with Crippen molar-refractivity contribution in [1.82, 2.24) is 14.7 Å². The molecule has 156 valence electrons. The molecular weight excluding hydrogens is 374 g/mol. The van der Waals surface area contributed by atoms with E-state index in [2.05, 4.69) is 59.8 Å². The molecule has 5 nitrogen and oxygen atoms in total. The van der Waals surface area contributed by atoms with Crippen molar-refractivity contribution in [3.05, 3.63) is 70.5 Å². The monoisotopic (exact) mass is 403 g/mol. The van der Waals surface area contributed by atoms with Crippen LogP contribution < -0.4 is 9.47 Å². The summed E-state index contributed by atoms with van der Waals surface area (Å²) in [5.74, 6) is 1.89. The summed E-state index contributed by atoms with van der Waals surface area (Å²) in [4.78, 5) is 2.64. The quantitative estimate of drug-likeness (QED) is 0.628. The third-order valence-electron chi connectivity index (χ3n) is 6.80. The zero-order chi connectivity index (χ0) is 20.8. The smallest absolute Gasteiger partial charge is 0.161 e. The third-order valence-corrected chi connectivity index (χ3v) is 6.80. The first-order valence-corrected chi connectivity index (χ1v) is 10.7. The van der Waals surface area contributed by atoms with Crippen LogP contribution in [0.15, 0.2) is 42.5 Å². The molecule has 0 bridgehead atoms. The summed E-state index contributed by atoms with van der Waals surface area (Å²) >= 11 is 0. The van der Waals surface area contributed by atoms with E-state index in [1.54, 1.807) is 14.2 Å². The number of benzene rings is 2. The van der Waals surface area contributed by atoms with Crippen molar-refractivity contribution in [1.29, 1.82) is 0 Å². The average molecular weight is 404 g/mol. The minimum Gasteiger partial charge on any atom is -0.493 e. The SMILES string of the molecule is COc1cc2c(cc1OC)[C@H]1CCCN1C[C@@H]2c1c(C)nn(-c2ccccc2)c1C. The van der Waals surface area contributed by atoms with Crippen molar-refractivity contribution in [3.63, 3.8) is 0 Å². The maximum atomic E-state index is 5.67. The molecule has 0 radical (unpaired) electrons. The highest BCUT2D eigenvalue weighted by molar-refractivity contribution is 5.55. The zero-order valence-corrected chi connectivity index (χ0v) is 18.2. The molecule has 3 aromatic rings. The summed E-state index contributed by atoms with van der Waals surface area (Å²) in [6.07, 6.45) is 2.45. The molecule has 5 rings (SSSR count). The predicted molar refractivity (Wildman–Crippen MR) is 118 cm³/mol. The summed E-state index contributed by atoms with van der Waals surface area (Å²) in [6, 6.07) is 15.3. The molecule has 5 heteroatoms. The molecule has 2 aromatic carbocycles. The van der Waals surface area contributed by atoms with E-state index < -0.39 is 0 Å². The van der Waals surface area contributed by atoms with E-state index in [0.29, 0.717) is 6.04 Å². The Bertz CT molecular complexity index is 1070. The number of hydrogen-bond acceptors (Lipinski definition) is 4. The second kappa shape index (κ2) is 7.47. The molecule has 1 aromatic heterocycles. The molecule has 0 saturated carbocycles.